The molecule has 1 heterocycles. The van der Waals surface area contributed by atoms with Gasteiger partial charge in [-0.25, -0.2) is 0 Å². The lowest BCUT2D eigenvalue weighted by Crippen LogP contribution is -2.36. The molecule has 0 aromatic heterocycles. The van der Waals surface area contributed by atoms with Gasteiger partial charge in [0, 0.05) is 5.69 Å². The van der Waals surface area contributed by atoms with Crippen LogP contribution in [-0.2, 0) is 9.59 Å². The summed E-state index contributed by atoms with van der Waals surface area (Å²) in [7, 11) is 0. The third-order valence-electron chi connectivity index (χ3n) is 4.43. The Kier molecular flexibility index (Phi) is 5.46. The normalized spacial score (nSPS) is 15.5. The van der Waals surface area contributed by atoms with Crippen molar-refractivity contribution in [2.24, 2.45) is 0 Å². The fourth-order valence-corrected chi connectivity index (χ4v) is 3.51. The van der Waals surface area contributed by atoms with Crippen LogP contribution < -0.4 is 5.32 Å². The summed E-state index contributed by atoms with van der Waals surface area (Å²) in [6.45, 7) is 5.54. The van der Waals surface area contributed by atoms with Gasteiger partial charge in [0.1, 0.15) is 6.54 Å². The largest absolute Gasteiger partial charge is 0.324 e. The number of imide groups is 1. The minimum absolute atomic E-state index is 0.302. The number of carbonyl (C=O) groups excluding carboxylic acids is 3. The molecule has 1 fully saturated rings. The molecule has 1 saturated heterocycles. The summed E-state index contributed by atoms with van der Waals surface area (Å²) < 4.78 is 0. The SMILES string of the molecule is Cc1ccc(/C=C2/SC(=O)N(CC(=O)Nc3cccc(C)c3C)C2=O)cc1. The van der Waals surface area contributed by atoms with Gasteiger partial charge >= 0.3 is 0 Å². The molecule has 1 aliphatic heterocycles. The van der Waals surface area contributed by atoms with Crippen LogP contribution in [0.5, 0.6) is 0 Å². The first-order chi connectivity index (χ1) is 12.8. The first-order valence-corrected chi connectivity index (χ1v) is 9.35. The van der Waals surface area contributed by atoms with Gasteiger partial charge in [0.25, 0.3) is 11.1 Å². The zero-order valence-electron chi connectivity index (χ0n) is 15.4. The number of hydrogen-bond acceptors (Lipinski definition) is 4. The van der Waals surface area contributed by atoms with Gasteiger partial charge < -0.3 is 5.32 Å². The number of anilines is 1. The van der Waals surface area contributed by atoms with E-state index in [-0.39, 0.29) is 6.54 Å². The van der Waals surface area contributed by atoms with Crippen molar-refractivity contribution < 1.29 is 14.4 Å². The predicted octanol–water partition coefficient (Wildman–Crippen LogP) is 4.29. The molecule has 0 bridgehead atoms. The monoisotopic (exact) mass is 380 g/mol. The van der Waals surface area contributed by atoms with Crippen LogP contribution in [0.4, 0.5) is 10.5 Å². The average molecular weight is 380 g/mol. The molecule has 0 aliphatic carbocycles. The van der Waals surface area contributed by atoms with Crippen LogP contribution in [0.25, 0.3) is 6.08 Å². The molecule has 3 rings (SSSR count). The maximum absolute atomic E-state index is 12.5. The van der Waals surface area contributed by atoms with Gasteiger partial charge in [-0.2, -0.15) is 0 Å². The first kappa shape index (κ1) is 18.9. The van der Waals surface area contributed by atoms with Crippen LogP contribution in [-0.4, -0.2) is 28.5 Å². The Balaban J connectivity index is 1.71. The molecule has 1 aliphatic rings. The van der Waals surface area contributed by atoms with E-state index < -0.39 is 17.1 Å². The number of nitrogens with one attached hydrogen (secondary N) is 1. The molecule has 1 N–H and O–H groups in total. The van der Waals surface area contributed by atoms with Gasteiger partial charge in [0.05, 0.1) is 4.91 Å². The molecular weight excluding hydrogens is 360 g/mol. The molecule has 27 heavy (non-hydrogen) atoms. The fraction of sp³-hybridized carbons (Fsp3) is 0.190. The second kappa shape index (κ2) is 7.80. The Hall–Kier alpha value is -2.86. The quantitative estimate of drug-likeness (QED) is 0.804. The molecule has 0 spiro atoms. The third kappa shape index (κ3) is 4.28. The van der Waals surface area contributed by atoms with Crippen LogP contribution in [0.15, 0.2) is 47.4 Å². The third-order valence-corrected chi connectivity index (χ3v) is 5.34. The minimum atomic E-state index is -0.443. The number of aryl methyl sites for hydroxylation is 2. The van der Waals surface area contributed by atoms with E-state index in [2.05, 4.69) is 5.32 Å². The van der Waals surface area contributed by atoms with E-state index >= 15 is 0 Å². The van der Waals surface area contributed by atoms with Crippen LogP contribution in [0.1, 0.15) is 22.3 Å². The molecular formula is C21H20N2O3S. The smallest absolute Gasteiger partial charge is 0.294 e. The highest BCUT2D eigenvalue weighted by Gasteiger charge is 2.36. The van der Waals surface area contributed by atoms with Crippen LogP contribution >= 0.6 is 11.8 Å². The zero-order chi connectivity index (χ0) is 19.6. The van der Waals surface area contributed by atoms with E-state index in [1.807, 2.05) is 57.2 Å². The molecule has 0 unspecified atom stereocenters. The number of nitrogens with zero attached hydrogens (tertiary/aromatic N) is 1. The molecule has 0 radical (unpaired) electrons. The Morgan fingerprint density at radius 3 is 2.48 bits per heavy atom. The Bertz CT molecular complexity index is 948. The van der Waals surface area contributed by atoms with Gasteiger partial charge in [-0.3, -0.25) is 19.3 Å². The standard InChI is InChI=1S/C21H20N2O3S/c1-13-7-9-16(10-8-13)11-18-20(25)23(21(26)27-18)12-19(24)22-17-6-4-5-14(2)15(17)3/h4-11H,12H2,1-3H3,(H,22,24)/b18-11+. The maximum atomic E-state index is 12.5. The summed E-state index contributed by atoms with van der Waals surface area (Å²) in [5.74, 6) is -0.843. The van der Waals surface area contributed by atoms with E-state index in [4.69, 9.17) is 0 Å². The van der Waals surface area contributed by atoms with Crippen molar-refractivity contribution in [3.63, 3.8) is 0 Å². The van der Waals surface area contributed by atoms with E-state index in [9.17, 15) is 14.4 Å². The molecule has 3 amide bonds. The van der Waals surface area contributed by atoms with Gasteiger partial charge in [-0.05, 0) is 61.4 Å². The second-order valence-electron chi connectivity index (χ2n) is 6.47. The van der Waals surface area contributed by atoms with Gasteiger partial charge in [0.15, 0.2) is 0 Å². The van der Waals surface area contributed by atoms with Crippen LogP contribution in [0.3, 0.4) is 0 Å². The molecule has 0 atom stereocenters. The zero-order valence-corrected chi connectivity index (χ0v) is 16.2. The number of benzene rings is 2. The number of rotatable bonds is 4. The van der Waals surface area contributed by atoms with Crippen molar-refractivity contribution in [2.75, 3.05) is 11.9 Å². The van der Waals surface area contributed by atoms with E-state index in [0.29, 0.717) is 10.6 Å². The number of carbonyl (C=O) groups is 3. The lowest BCUT2D eigenvalue weighted by Gasteiger charge is -2.14. The maximum Gasteiger partial charge on any atom is 0.294 e. The Morgan fingerprint density at radius 1 is 1.07 bits per heavy atom. The Labute approximate surface area is 162 Å². The van der Waals surface area contributed by atoms with E-state index in [0.717, 1.165) is 38.9 Å². The second-order valence-corrected chi connectivity index (χ2v) is 7.47. The summed E-state index contributed by atoms with van der Waals surface area (Å²) in [5, 5.41) is 2.34. The molecule has 0 saturated carbocycles. The van der Waals surface area contributed by atoms with Crippen molar-refractivity contribution in [3.05, 3.63) is 69.6 Å². The van der Waals surface area contributed by atoms with Crippen molar-refractivity contribution >= 4 is 40.6 Å². The number of amides is 3. The first-order valence-electron chi connectivity index (χ1n) is 8.53. The lowest BCUT2D eigenvalue weighted by molar-refractivity contribution is -0.127. The number of hydrogen-bond donors (Lipinski definition) is 1. The molecule has 5 nitrogen and oxygen atoms in total. The highest BCUT2D eigenvalue weighted by molar-refractivity contribution is 8.18. The molecule has 2 aromatic carbocycles. The summed E-state index contributed by atoms with van der Waals surface area (Å²) in [6.07, 6.45) is 1.67. The van der Waals surface area contributed by atoms with E-state index in [1.165, 1.54) is 0 Å². The predicted molar refractivity (Wildman–Crippen MR) is 108 cm³/mol. The molecule has 2 aromatic rings. The summed E-state index contributed by atoms with van der Waals surface area (Å²) in [4.78, 5) is 38.4. The topological polar surface area (TPSA) is 66.5 Å². The van der Waals surface area contributed by atoms with Gasteiger partial charge in [-0.1, -0.05) is 42.0 Å². The van der Waals surface area contributed by atoms with Crippen molar-refractivity contribution in [1.29, 1.82) is 0 Å². The number of thioether (sulfide) groups is 1. The van der Waals surface area contributed by atoms with E-state index in [1.54, 1.807) is 12.1 Å². The van der Waals surface area contributed by atoms with Crippen LogP contribution in [0.2, 0.25) is 0 Å². The lowest BCUT2D eigenvalue weighted by atomic mass is 10.1. The van der Waals surface area contributed by atoms with Gasteiger partial charge in [0.2, 0.25) is 5.91 Å². The highest BCUT2D eigenvalue weighted by Crippen LogP contribution is 2.32. The molecule has 138 valence electrons. The van der Waals surface area contributed by atoms with Crippen molar-refractivity contribution in [1.82, 2.24) is 4.90 Å². The average Bonchev–Trinajstić information content (AvgIpc) is 2.88. The van der Waals surface area contributed by atoms with Gasteiger partial charge in [-0.15, -0.1) is 0 Å². The minimum Gasteiger partial charge on any atom is -0.324 e. The summed E-state index contributed by atoms with van der Waals surface area (Å²) in [6, 6.07) is 13.2. The van der Waals surface area contributed by atoms with Crippen molar-refractivity contribution in [3.8, 4) is 0 Å². The fourth-order valence-electron chi connectivity index (χ4n) is 2.67. The van der Waals surface area contributed by atoms with Crippen LogP contribution in [0, 0.1) is 20.8 Å². The molecule has 6 heteroatoms. The highest BCUT2D eigenvalue weighted by atomic mass is 32.2. The van der Waals surface area contributed by atoms with Crippen molar-refractivity contribution in [2.45, 2.75) is 20.8 Å². The summed E-state index contributed by atoms with van der Waals surface area (Å²) in [5.41, 5.74) is 4.65. The summed E-state index contributed by atoms with van der Waals surface area (Å²) >= 11 is 0.853. The Morgan fingerprint density at radius 2 is 1.78 bits per heavy atom.